The van der Waals surface area contributed by atoms with Crippen molar-refractivity contribution in [3.05, 3.63) is 59.7 Å². The van der Waals surface area contributed by atoms with Gasteiger partial charge in [-0.05, 0) is 40.8 Å². The molecule has 0 bridgehead atoms. The first-order chi connectivity index (χ1) is 10.7. The van der Waals surface area contributed by atoms with Crippen molar-refractivity contribution in [3.8, 4) is 5.75 Å². The Balaban J connectivity index is 2.09. The maximum Gasteiger partial charge on any atom is 0.240 e. The summed E-state index contributed by atoms with van der Waals surface area (Å²) in [4.78, 5) is 0.277. The fourth-order valence-corrected chi connectivity index (χ4v) is 3.16. The largest absolute Gasteiger partial charge is 0.497 e. The molecule has 0 saturated heterocycles. The van der Waals surface area contributed by atoms with Crippen molar-refractivity contribution in [3.63, 3.8) is 0 Å². The van der Waals surface area contributed by atoms with Crippen LogP contribution in [0.25, 0.3) is 0 Å². The van der Waals surface area contributed by atoms with Crippen LogP contribution in [0.1, 0.15) is 31.9 Å². The van der Waals surface area contributed by atoms with Crippen LogP contribution in [0.5, 0.6) is 5.75 Å². The maximum atomic E-state index is 12.4. The second-order valence-corrected chi connectivity index (χ2v) is 8.21. The smallest absolute Gasteiger partial charge is 0.240 e. The molecule has 0 radical (unpaired) electrons. The third kappa shape index (κ3) is 4.56. The van der Waals surface area contributed by atoms with Crippen LogP contribution in [0.4, 0.5) is 0 Å². The zero-order chi connectivity index (χ0) is 17.1. The third-order valence-corrected chi connectivity index (χ3v) is 5.07. The summed E-state index contributed by atoms with van der Waals surface area (Å²) in [6, 6.07) is 14.3. The third-order valence-electron chi connectivity index (χ3n) is 3.66. The SMILES string of the molecule is COc1ccc(CNS(=O)(=O)c2ccc(C(C)(C)C)cc2)cc1. The van der Waals surface area contributed by atoms with Crippen molar-refractivity contribution in [2.45, 2.75) is 37.6 Å². The van der Waals surface area contributed by atoms with Gasteiger partial charge in [0, 0.05) is 6.54 Å². The van der Waals surface area contributed by atoms with Crippen LogP contribution in [0.2, 0.25) is 0 Å². The normalized spacial score (nSPS) is 12.2. The summed E-state index contributed by atoms with van der Waals surface area (Å²) in [5.74, 6) is 0.745. The molecule has 2 rings (SSSR count). The fraction of sp³-hybridized carbons (Fsp3) is 0.333. The van der Waals surface area contributed by atoms with Crippen molar-refractivity contribution in [1.82, 2.24) is 4.72 Å². The highest BCUT2D eigenvalue weighted by molar-refractivity contribution is 7.89. The summed E-state index contributed by atoms with van der Waals surface area (Å²) in [6.07, 6.45) is 0. The molecule has 23 heavy (non-hydrogen) atoms. The Hall–Kier alpha value is -1.85. The van der Waals surface area contributed by atoms with Crippen LogP contribution in [0.15, 0.2) is 53.4 Å². The lowest BCUT2D eigenvalue weighted by Gasteiger charge is -2.19. The molecule has 4 nitrogen and oxygen atoms in total. The first kappa shape index (κ1) is 17.5. The molecule has 2 aromatic rings. The Morgan fingerprint density at radius 2 is 1.52 bits per heavy atom. The monoisotopic (exact) mass is 333 g/mol. The van der Waals surface area contributed by atoms with Gasteiger partial charge < -0.3 is 4.74 Å². The number of hydrogen-bond acceptors (Lipinski definition) is 3. The van der Waals surface area contributed by atoms with Gasteiger partial charge in [-0.25, -0.2) is 13.1 Å². The maximum absolute atomic E-state index is 12.4. The molecule has 0 atom stereocenters. The van der Waals surface area contributed by atoms with Gasteiger partial charge in [0.2, 0.25) is 10.0 Å². The molecular weight excluding hydrogens is 310 g/mol. The topological polar surface area (TPSA) is 55.4 Å². The Morgan fingerprint density at radius 3 is 2.00 bits per heavy atom. The Morgan fingerprint density at radius 1 is 0.957 bits per heavy atom. The van der Waals surface area contributed by atoms with E-state index < -0.39 is 10.0 Å². The van der Waals surface area contributed by atoms with Crippen molar-refractivity contribution in [2.75, 3.05) is 7.11 Å². The highest BCUT2D eigenvalue weighted by Crippen LogP contribution is 2.23. The lowest BCUT2D eigenvalue weighted by atomic mass is 9.87. The van der Waals surface area contributed by atoms with Crippen molar-refractivity contribution in [1.29, 1.82) is 0 Å². The molecule has 1 N–H and O–H groups in total. The summed E-state index contributed by atoms with van der Waals surface area (Å²) in [5.41, 5.74) is 1.98. The van der Waals surface area contributed by atoms with Crippen LogP contribution >= 0.6 is 0 Å². The Labute approximate surface area is 138 Å². The summed E-state index contributed by atoms with van der Waals surface area (Å²) >= 11 is 0. The predicted molar refractivity (Wildman–Crippen MR) is 92.2 cm³/mol. The molecule has 0 aliphatic heterocycles. The van der Waals surface area contributed by atoms with E-state index in [0.717, 1.165) is 16.9 Å². The molecule has 0 unspecified atom stereocenters. The van der Waals surface area contributed by atoms with E-state index in [9.17, 15) is 8.42 Å². The van der Waals surface area contributed by atoms with E-state index in [-0.39, 0.29) is 16.9 Å². The number of hydrogen-bond donors (Lipinski definition) is 1. The quantitative estimate of drug-likeness (QED) is 0.911. The second kappa shape index (κ2) is 6.72. The summed E-state index contributed by atoms with van der Waals surface area (Å²) in [6.45, 7) is 6.53. The van der Waals surface area contributed by atoms with Gasteiger partial charge in [-0.3, -0.25) is 0 Å². The lowest BCUT2D eigenvalue weighted by Crippen LogP contribution is -2.23. The first-order valence-corrected chi connectivity index (χ1v) is 8.94. The average molecular weight is 333 g/mol. The van der Waals surface area contributed by atoms with Gasteiger partial charge >= 0.3 is 0 Å². The number of nitrogens with one attached hydrogen (secondary N) is 1. The highest BCUT2D eigenvalue weighted by atomic mass is 32.2. The van der Waals surface area contributed by atoms with Gasteiger partial charge in [-0.15, -0.1) is 0 Å². The van der Waals surface area contributed by atoms with Crippen LogP contribution in [0.3, 0.4) is 0 Å². The van der Waals surface area contributed by atoms with E-state index in [1.165, 1.54) is 0 Å². The molecular formula is C18H23NO3S. The molecule has 0 heterocycles. The van der Waals surface area contributed by atoms with E-state index >= 15 is 0 Å². The summed E-state index contributed by atoms with van der Waals surface area (Å²) in [7, 11) is -1.92. The molecule has 124 valence electrons. The van der Waals surface area contributed by atoms with Crippen molar-refractivity contribution in [2.24, 2.45) is 0 Å². The van der Waals surface area contributed by atoms with Crippen molar-refractivity contribution < 1.29 is 13.2 Å². The molecule has 2 aromatic carbocycles. The van der Waals surface area contributed by atoms with Crippen molar-refractivity contribution >= 4 is 10.0 Å². The van der Waals surface area contributed by atoms with Crippen LogP contribution < -0.4 is 9.46 Å². The molecule has 0 spiro atoms. The molecule has 0 aliphatic carbocycles. The lowest BCUT2D eigenvalue weighted by molar-refractivity contribution is 0.414. The minimum atomic E-state index is -3.52. The first-order valence-electron chi connectivity index (χ1n) is 7.45. The Bertz CT molecular complexity index is 742. The van der Waals surface area contributed by atoms with Gasteiger partial charge in [-0.2, -0.15) is 0 Å². The van der Waals surface area contributed by atoms with E-state index in [1.807, 2.05) is 36.4 Å². The summed E-state index contributed by atoms with van der Waals surface area (Å²) in [5, 5.41) is 0. The number of rotatable bonds is 5. The number of benzene rings is 2. The molecule has 0 fully saturated rings. The molecule has 0 saturated carbocycles. The van der Waals surface area contributed by atoms with Gasteiger partial charge in [0.1, 0.15) is 5.75 Å². The number of sulfonamides is 1. The van der Waals surface area contributed by atoms with Gasteiger partial charge in [0.05, 0.1) is 12.0 Å². The van der Waals surface area contributed by atoms with Gasteiger partial charge in [-0.1, -0.05) is 45.0 Å². The number of ether oxygens (including phenoxy) is 1. The van der Waals surface area contributed by atoms with Crippen LogP contribution in [-0.2, 0) is 22.0 Å². The Kier molecular flexibility index (Phi) is 5.12. The highest BCUT2D eigenvalue weighted by Gasteiger charge is 2.17. The zero-order valence-corrected chi connectivity index (χ0v) is 14.8. The predicted octanol–water partition coefficient (Wildman–Crippen LogP) is 3.47. The standard InChI is InChI=1S/C18H23NO3S/c1-18(2,3)15-7-11-17(12-8-15)23(20,21)19-13-14-5-9-16(22-4)10-6-14/h5-12,19H,13H2,1-4H3. The minimum Gasteiger partial charge on any atom is -0.497 e. The number of methoxy groups -OCH3 is 1. The van der Waals surface area contributed by atoms with E-state index in [4.69, 9.17) is 4.74 Å². The van der Waals surface area contributed by atoms with Gasteiger partial charge in [0.25, 0.3) is 0 Å². The minimum absolute atomic E-state index is 0.00118. The second-order valence-electron chi connectivity index (χ2n) is 6.45. The average Bonchev–Trinajstić information content (AvgIpc) is 2.53. The van der Waals surface area contributed by atoms with E-state index in [2.05, 4.69) is 25.5 Å². The van der Waals surface area contributed by atoms with Crippen LogP contribution in [-0.4, -0.2) is 15.5 Å². The molecule has 0 aromatic heterocycles. The fourth-order valence-electron chi connectivity index (χ4n) is 2.14. The van der Waals surface area contributed by atoms with E-state index in [1.54, 1.807) is 19.2 Å². The zero-order valence-electron chi connectivity index (χ0n) is 14.0. The molecule has 0 aliphatic rings. The molecule has 5 heteroatoms. The molecule has 0 amide bonds. The van der Waals surface area contributed by atoms with Gasteiger partial charge in [0.15, 0.2) is 0 Å². The van der Waals surface area contributed by atoms with Crippen LogP contribution in [0, 0.1) is 0 Å². The summed E-state index contributed by atoms with van der Waals surface area (Å²) < 4.78 is 32.4. The van der Waals surface area contributed by atoms with E-state index in [0.29, 0.717) is 0 Å².